The van der Waals surface area contributed by atoms with E-state index in [-0.39, 0.29) is 28.5 Å². The summed E-state index contributed by atoms with van der Waals surface area (Å²) in [5.74, 6) is 0.288. The van der Waals surface area contributed by atoms with Crippen LogP contribution in [0.5, 0.6) is 0 Å². The molecule has 1 N–H and O–H groups in total. The standard InChI is InChI=1S/C22H30N4O4S/c1-16(23-20-18-8-4-5-9-19(18)31(29,30)24-20)21(27)26-14-10-17(11-15-26)22(28)25-12-6-2-3-7-13-25/h4-5,8-9,16-17H,2-3,6-7,10-15H2,1H3,(H,23,24). The Bertz CT molecular complexity index is 975. The molecule has 0 spiro atoms. The number of aliphatic imine (C=N–C) groups is 1. The van der Waals surface area contributed by atoms with E-state index in [0.717, 1.165) is 25.9 Å². The molecule has 2 fully saturated rings. The number of amidine groups is 1. The van der Waals surface area contributed by atoms with E-state index >= 15 is 0 Å². The van der Waals surface area contributed by atoms with Crippen LogP contribution in [0.4, 0.5) is 0 Å². The summed E-state index contributed by atoms with van der Waals surface area (Å²) in [5, 5.41) is 0. The van der Waals surface area contributed by atoms with Crippen molar-refractivity contribution in [1.29, 1.82) is 0 Å². The minimum Gasteiger partial charge on any atom is -0.342 e. The highest BCUT2D eigenvalue weighted by molar-refractivity contribution is 7.90. The molecule has 9 heteroatoms. The maximum atomic E-state index is 12.9. The maximum absolute atomic E-state index is 12.9. The molecule has 8 nitrogen and oxygen atoms in total. The molecule has 0 saturated carbocycles. The Kier molecular flexibility index (Phi) is 6.31. The first kappa shape index (κ1) is 21.8. The van der Waals surface area contributed by atoms with Crippen molar-refractivity contribution in [2.45, 2.75) is 56.4 Å². The number of carbonyl (C=O) groups excluding carboxylic acids is 2. The molecule has 1 aromatic rings. The van der Waals surface area contributed by atoms with Gasteiger partial charge in [0.05, 0.1) is 4.90 Å². The second-order valence-corrected chi connectivity index (χ2v) is 10.2. The number of likely N-dealkylation sites (tertiary alicyclic amines) is 2. The van der Waals surface area contributed by atoms with Gasteiger partial charge in [-0.25, -0.2) is 8.42 Å². The molecule has 168 valence electrons. The summed E-state index contributed by atoms with van der Waals surface area (Å²) < 4.78 is 26.9. The lowest BCUT2D eigenvalue weighted by atomic mass is 9.94. The summed E-state index contributed by atoms with van der Waals surface area (Å²) in [6.07, 6.45) is 5.87. The number of hydrogen-bond donors (Lipinski definition) is 1. The van der Waals surface area contributed by atoms with Crippen LogP contribution in [-0.4, -0.2) is 68.1 Å². The van der Waals surface area contributed by atoms with Gasteiger partial charge in [-0.1, -0.05) is 25.0 Å². The second-order valence-electron chi connectivity index (χ2n) is 8.59. The van der Waals surface area contributed by atoms with Crippen LogP contribution < -0.4 is 4.72 Å². The zero-order valence-electron chi connectivity index (χ0n) is 17.9. The molecular weight excluding hydrogens is 416 g/mol. The van der Waals surface area contributed by atoms with Crippen molar-refractivity contribution in [3.05, 3.63) is 29.8 Å². The smallest absolute Gasteiger partial charge is 0.263 e. The lowest BCUT2D eigenvalue weighted by Crippen LogP contribution is -2.47. The van der Waals surface area contributed by atoms with Gasteiger partial charge in [0.2, 0.25) is 11.8 Å². The lowest BCUT2D eigenvalue weighted by Gasteiger charge is -2.34. The number of piperidine rings is 1. The minimum atomic E-state index is -3.63. The molecule has 2 amide bonds. The molecule has 3 aliphatic rings. The van der Waals surface area contributed by atoms with Crippen LogP contribution in [0.25, 0.3) is 0 Å². The Morgan fingerprint density at radius 3 is 2.32 bits per heavy atom. The number of sulfonamides is 1. The van der Waals surface area contributed by atoms with Gasteiger partial charge in [0, 0.05) is 37.7 Å². The monoisotopic (exact) mass is 446 g/mol. The summed E-state index contributed by atoms with van der Waals surface area (Å²) in [6.45, 7) is 4.44. The van der Waals surface area contributed by atoms with Crippen molar-refractivity contribution < 1.29 is 18.0 Å². The van der Waals surface area contributed by atoms with E-state index in [0.29, 0.717) is 31.5 Å². The van der Waals surface area contributed by atoms with Gasteiger partial charge in [-0.2, -0.15) is 0 Å². The van der Waals surface area contributed by atoms with Crippen LogP contribution in [0, 0.1) is 5.92 Å². The molecule has 1 atom stereocenters. The fourth-order valence-corrected chi connectivity index (χ4v) is 5.88. The number of rotatable bonds is 3. The highest BCUT2D eigenvalue weighted by Gasteiger charge is 2.34. The molecule has 0 aliphatic carbocycles. The van der Waals surface area contributed by atoms with Crippen molar-refractivity contribution >= 4 is 27.7 Å². The zero-order valence-corrected chi connectivity index (χ0v) is 18.7. The molecule has 2 saturated heterocycles. The first-order valence-corrected chi connectivity index (χ1v) is 12.6. The average Bonchev–Trinajstić information content (AvgIpc) is 2.95. The number of benzene rings is 1. The summed E-state index contributed by atoms with van der Waals surface area (Å²) in [6, 6.07) is 5.91. The van der Waals surface area contributed by atoms with Crippen LogP contribution in [0.1, 0.15) is 51.0 Å². The predicted molar refractivity (Wildman–Crippen MR) is 117 cm³/mol. The second kappa shape index (κ2) is 8.98. The van der Waals surface area contributed by atoms with Gasteiger partial charge in [-0.3, -0.25) is 19.3 Å². The average molecular weight is 447 g/mol. The van der Waals surface area contributed by atoms with E-state index in [1.807, 2.05) is 4.90 Å². The first-order valence-electron chi connectivity index (χ1n) is 11.1. The van der Waals surface area contributed by atoms with Crippen LogP contribution in [0.2, 0.25) is 0 Å². The highest BCUT2D eigenvalue weighted by atomic mass is 32.2. The maximum Gasteiger partial charge on any atom is 0.263 e. The van der Waals surface area contributed by atoms with Crippen molar-refractivity contribution in [2.24, 2.45) is 10.9 Å². The number of amides is 2. The summed E-state index contributed by atoms with van der Waals surface area (Å²) in [4.78, 5) is 34.1. The number of hydrogen-bond acceptors (Lipinski definition) is 5. The van der Waals surface area contributed by atoms with E-state index in [1.165, 1.54) is 18.9 Å². The Hall–Kier alpha value is -2.42. The van der Waals surface area contributed by atoms with E-state index in [4.69, 9.17) is 0 Å². The zero-order chi connectivity index (χ0) is 22.0. The van der Waals surface area contributed by atoms with Gasteiger partial charge in [0.15, 0.2) is 0 Å². The van der Waals surface area contributed by atoms with Gasteiger partial charge in [-0.05, 0) is 44.7 Å². The minimum absolute atomic E-state index is 0.0164. The molecule has 1 unspecified atom stereocenters. The quantitative estimate of drug-likeness (QED) is 0.765. The van der Waals surface area contributed by atoms with Gasteiger partial charge < -0.3 is 9.80 Å². The largest absolute Gasteiger partial charge is 0.342 e. The number of fused-ring (bicyclic) bond motifs is 1. The fourth-order valence-electron chi connectivity index (χ4n) is 4.64. The fraction of sp³-hybridized carbons (Fsp3) is 0.591. The number of nitrogens with one attached hydrogen (secondary N) is 1. The topological polar surface area (TPSA) is 99.1 Å². The molecule has 3 heterocycles. The normalized spacial score (nSPS) is 23.7. The van der Waals surface area contributed by atoms with Crippen molar-refractivity contribution in [3.8, 4) is 0 Å². The van der Waals surface area contributed by atoms with E-state index in [2.05, 4.69) is 9.71 Å². The predicted octanol–water partition coefficient (Wildman–Crippen LogP) is 1.75. The van der Waals surface area contributed by atoms with Gasteiger partial charge in [0.1, 0.15) is 11.9 Å². The molecule has 1 aromatic carbocycles. The number of carbonyl (C=O) groups is 2. The highest BCUT2D eigenvalue weighted by Crippen LogP contribution is 2.24. The summed E-state index contributed by atoms with van der Waals surface area (Å²) >= 11 is 0. The SMILES string of the molecule is CC(N=C1NS(=O)(=O)c2ccccc21)C(=O)N1CCC(C(=O)N2CCCCCC2)CC1. The molecule has 31 heavy (non-hydrogen) atoms. The molecular formula is C22H30N4O4S. The Morgan fingerprint density at radius 2 is 1.65 bits per heavy atom. The first-order chi connectivity index (χ1) is 14.9. The Morgan fingerprint density at radius 1 is 1.00 bits per heavy atom. The van der Waals surface area contributed by atoms with E-state index < -0.39 is 16.1 Å². The van der Waals surface area contributed by atoms with E-state index in [9.17, 15) is 18.0 Å². The number of nitrogens with zero attached hydrogens (tertiary/aromatic N) is 3. The van der Waals surface area contributed by atoms with Crippen LogP contribution in [-0.2, 0) is 19.6 Å². The van der Waals surface area contributed by atoms with Gasteiger partial charge >= 0.3 is 0 Å². The van der Waals surface area contributed by atoms with Crippen molar-refractivity contribution in [2.75, 3.05) is 26.2 Å². The van der Waals surface area contributed by atoms with Gasteiger partial charge in [-0.15, -0.1) is 0 Å². The third-order valence-electron chi connectivity index (χ3n) is 6.42. The van der Waals surface area contributed by atoms with Crippen LogP contribution in [0.3, 0.4) is 0 Å². The van der Waals surface area contributed by atoms with Crippen molar-refractivity contribution in [1.82, 2.24) is 14.5 Å². The Balaban J connectivity index is 1.37. The van der Waals surface area contributed by atoms with E-state index in [1.54, 1.807) is 30.0 Å². The molecule has 3 aliphatic heterocycles. The third kappa shape index (κ3) is 4.61. The third-order valence-corrected chi connectivity index (χ3v) is 7.81. The lowest BCUT2D eigenvalue weighted by molar-refractivity contribution is -0.141. The van der Waals surface area contributed by atoms with Crippen LogP contribution in [0.15, 0.2) is 34.2 Å². The summed E-state index contributed by atoms with van der Waals surface area (Å²) in [7, 11) is -3.63. The summed E-state index contributed by atoms with van der Waals surface area (Å²) in [5.41, 5.74) is 0.490. The van der Waals surface area contributed by atoms with Gasteiger partial charge in [0.25, 0.3) is 10.0 Å². The van der Waals surface area contributed by atoms with Crippen molar-refractivity contribution in [3.63, 3.8) is 0 Å². The molecule has 4 rings (SSSR count). The molecule has 0 bridgehead atoms. The molecule has 0 radical (unpaired) electrons. The van der Waals surface area contributed by atoms with Crippen LogP contribution >= 0.6 is 0 Å². The Labute approximate surface area is 183 Å². The molecule has 0 aromatic heterocycles.